The maximum atomic E-state index is 13.6. The van der Waals surface area contributed by atoms with Gasteiger partial charge >= 0.3 is 0 Å². The number of anilines is 1. The lowest BCUT2D eigenvalue weighted by atomic mass is 10.3. The fourth-order valence-corrected chi connectivity index (χ4v) is 5.24. The molecular weight excluding hydrogens is 486 g/mol. The second kappa shape index (κ2) is 10.1. The summed E-state index contributed by atoms with van der Waals surface area (Å²) in [6.45, 7) is 7.40. The van der Waals surface area contributed by atoms with Crippen molar-refractivity contribution in [2.24, 2.45) is 7.05 Å². The Morgan fingerprint density at radius 1 is 1.00 bits per heavy atom. The fourth-order valence-electron chi connectivity index (χ4n) is 5.24. The fraction of sp³-hybridized carbons (Fsp3) is 0.462. The summed E-state index contributed by atoms with van der Waals surface area (Å²) in [6.07, 6.45) is 1.62. The molecule has 198 valence electrons. The molecule has 6 rings (SSSR count). The molecule has 12 nitrogen and oxygen atoms in total. The molecule has 0 aliphatic carbocycles. The molecule has 2 aliphatic heterocycles. The lowest BCUT2D eigenvalue weighted by Crippen LogP contribution is -2.49. The number of aldehydes is 1. The molecule has 0 radical (unpaired) electrons. The highest BCUT2D eigenvalue weighted by Gasteiger charge is 2.29. The maximum Gasteiger partial charge on any atom is 0.290 e. The van der Waals surface area contributed by atoms with Gasteiger partial charge in [0.05, 0.1) is 30.8 Å². The van der Waals surface area contributed by atoms with Crippen LogP contribution < -0.4 is 4.90 Å². The van der Waals surface area contributed by atoms with E-state index in [1.165, 1.54) is 0 Å². The van der Waals surface area contributed by atoms with Crippen molar-refractivity contribution in [1.29, 1.82) is 0 Å². The molecule has 5 heterocycles. The van der Waals surface area contributed by atoms with Crippen molar-refractivity contribution in [3.8, 4) is 5.95 Å². The highest BCUT2D eigenvalue weighted by atomic mass is 16.5. The van der Waals surface area contributed by atoms with Crippen LogP contribution in [0.5, 0.6) is 0 Å². The van der Waals surface area contributed by atoms with E-state index in [4.69, 9.17) is 24.7 Å². The van der Waals surface area contributed by atoms with Crippen molar-refractivity contribution in [2.45, 2.75) is 13.3 Å². The number of fused-ring (bicyclic) bond motifs is 2. The van der Waals surface area contributed by atoms with Gasteiger partial charge in [-0.05, 0) is 12.1 Å². The molecule has 4 aromatic rings. The molecule has 12 heteroatoms. The average molecular weight is 518 g/mol. The van der Waals surface area contributed by atoms with Crippen molar-refractivity contribution < 1.29 is 14.3 Å². The highest BCUT2D eigenvalue weighted by molar-refractivity contribution is 5.96. The second-order valence-electron chi connectivity index (χ2n) is 9.58. The van der Waals surface area contributed by atoms with Crippen LogP contribution in [0, 0.1) is 0 Å². The Bertz CT molecular complexity index is 1500. The van der Waals surface area contributed by atoms with Crippen LogP contribution in [-0.4, -0.2) is 110 Å². The van der Waals surface area contributed by atoms with Gasteiger partial charge in [-0.3, -0.25) is 14.3 Å². The summed E-state index contributed by atoms with van der Waals surface area (Å²) in [6, 6.07) is 7.96. The number of carbonyl (C=O) groups is 2. The quantitative estimate of drug-likeness (QED) is 0.346. The maximum absolute atomic E-state index is 13.6. The summed E-state index contributed by atoms with van der Waals surface area (Å²) in [5.41, 5.74) is 3.02. The van der Waals surface area contributed by atoms with Gasteiger partial charge in [-0.1, -0.05) is 19.1 Å². The number of rotatable bonds is 6. The van der Waals surface area contributed by atoms with Crippen LogP contribution >= 0.6 is 0 Å². The van der Waals surface area contributed by atoms with Crippen molar-refractivity contribution in [3.63, 3.8) is 0 Å². The number of imidazole rings is 2. The van der Waals surface area contributed by atoms with E-state index in [1.807, 2.05) is 40.8 Å². The Labute approximate surface area is 219 Å². The summed E-state index contributed by atoms with van der Waals surface area (Å²) in [5, 5.41) is 0. The highest BCUT2D eigenvalue weighted by Crippen LogP contribution is 2.28. The van der Waals surface area contributed by atoms with Crippen molar-refractivity contribution in [1.82, 2.24) is 38.9 Å². The molecule has 2 fully saturated rings. The molecule has 0 N–H and O–H groups in total. The molecule has 1 amide bonds. The number of benzene rings is 1. The normalized spacial score (nSPS) is 17.0. The zero-order valence-corrected chi connectivity index (χ0v) is 21.7. The smallest absolute Gasteiger partial charge is 0.290 e. The zero-order chi connectivity index (χ0) is 26.2. The van der Waals surface area contributed by atoms with E-state index in [1.54, 1.807) is 9.47 Å². The van der Waals surface area contributed by atoms with Crippen LogP contribution in [0.1, 0.15) is 23.4 Å². The summed E-state index contributed by atoms with van der Waals surface area (Å²) < 4.78 is 9.36. The van der Waals surface area contributed by atoms with Crippen molar-refractivity contribution in [3.05, 3.63) is 35.9 Å². The number of aromatic nitrogens is 6. The van der Waals surface area contributed by atoms with Crippen LogP contribution in [0.25, 0.3) is 28.1 Å². The molecule has 38 heavy (non-hydrogen) atoms. The molecule has 3 aromatic heterocycles. The monoisotopic (exact) mass is 517 g/mol. The Kier molecular flexibility index (Phi) is 6.50. The number of morpholine rings is 1. The number of carbonyl (C=O) groups excluding carboxylic acids is 2. The lowest BCUT2D eigenvalue weighted by Gasteiger charge is -2.33. The van der Waals surface area contributed by atoms with Gasteiger partial charge in [0.2, 0.25) is 11.8 Å². The molecule has 1 aromatic carbocycles. The average Bonchev–Trinajstić information content (AvgIpc) is 3.51. The third kappa shape index (κ3) is 4.19. The standard InChI is InChI=1S/C26H31N9O3/c1-3-20-27-18-6-4-5-7-19(18)35(20)26-29-22-21(23(30-26)33-13-16-38-17-14-33)28-24(31(22)2)25(37)34-10-8-32(9-11-34)12-15-36/h4-7,15H,3,8-14,16-17H2,1-2H3. The van der Waals surface area contributed by atoms with Gasteiger partial charge < -0.3 is 23.9 Å². The summed E-state index contributed by atoms with van der Waals surface area (Å²) in [7, 11) is 1.83. The minimum atomic E-state index is -0.145. The Balaban J connectivity index is 1.47. The van der Waals surface area contributed by atoms with E-state index in [0.717, 1.165) is 23.1 Å². The summed E-state index contributed by atoms with van der Waals surface area (Å²) in [5.74, 6) is 2.25. The number of nitrogens with zero attached hydrogens (tertiary/aromatic N) is 9. The van der Waals surface area contributed by atoms with Gasteiger partial charge in [0.15, 0.2) is 17.0 Å². The topological polar surface area (TPSA) is 115 Å². The van der Waals surface area contributed by atoms with Gasteiger partial charge in [0, 0.05) is 52.7 Å². The summed E-state index contributed by atoms with van der Waals surface area (Å²) >= 11 is 0. The molecule has 0 unspecified atom stereocenters. The Morgan fingerprint density at radius 2 is 1.76 bits per heavy atom. The van der Waals surface area contributed by atoms with E-state index in [-0.39, 0.29) is 5.91 Å². The zero-order valence-electron chi connectivity index (χ0n) is 21.7. The predicted molar refractivity (Wildman–Crippen MR) is 142 cm³/mol. The molecule has 2 saturated heterocycles. The largest absolute Gasteiger partial charge is 0.378 e. The predicted octanol–water partition coefficient (Wildman–Crippen LogP) is 1.06. The van der Waals surface area contributed by atoms with Crippen LogP contribution in [0.4, 0.5) is 5.82 Å². The van der Waals surface area contributed by atoms with E-state index >= 15 is 0 Å². The number of piperazine rings is 1. The Hall–Kier alpha value is -3.90. The first-order chi connectivity index (χ1) is 18.6. The lowest BCUT2D eigenvalue weighted by molar-refractivity contribution is -0.109. The molecule has 0 saturated carbocycles. The third-order valence-electron chi connectivity index (χ3n) is 7.33. The molecular formula is C26H31N9O3. The van der Waals surface area contributed by atoms with Crippen molar-refractivity contribution in [2.75, 3.05) is 63.9 Å². The van der Waals surface area contributed by atoms with Crippen LogP contribution in [-0.2, 0) is 23.0 Å². The van der Waals surface area contributed by atoms with Gasteiger partial charge in [-0.25, -0.2) is 9.97 Å². The third-order valence-corrected chi connectivity index (χ3v) is 7.33. The van der Waals surface area contributed by atoms with Gasteiger partial charge in [-0.2, -0.15) is 9.97 Å². The molecule has 0 bridgehead atoms. The number of hydrogen-bond acceptors (Lipinski definition) is 9. The van der Waals surface area contributed by atoms with Crippen LogP contribution in [0.15, 0.2) is 24.3 Å². The van der Waals surface area contributed by atoms with Gasteiger partial charge in [0.1, 0.15) is 12.1 Å². The number of ether oxygens (including phenoxy) is 1. The first kappa shape index (κ1) is 24.4. The number of para-hydroxylation sites is 2. The molecule has 0 atom stereocenters. The Morgan fingerprint density at radius 3 is 2.50 bits per heavy atom. The first-order valence-corrected chi connectivity index (χ1v) is 13.1. The van der Waals surface area contributed by atoms with Crippen LogP contribution in [0.2, 0.25) is 0 Å². The van der Waals surface area contributed by atoms with E-state index in [9.17, 15) is 9.59 Å². The SMILES string of the molecule is CCc1nc2ccccc2n1-c1nc(N2CCOCC2)c2nc(C(=O)N3CCN(CC=O)CC3)n(C)c2n1. The summed E-state index contributed by atoms with van der Waals surface area (Å²) in [4.78, 5) is 50.1. The van der Waals surface area contributed by atoms with E-state index in [2.05, 4.69) is 11.8 Å². The van der Waals surface area contributed by atoms with Crippen LogP contribution in [0.3, 0.4) is 0 Å². The first-order valence-electron chi connectivity index (χ1n) is 13.1. The number of aryl methyl sites for hydroxylation is 2. The van der Waals surface area contributed by atoms with Gasteiger partial charge in [-0.15, -0.1) is 0 Å². The second-order valence-corrected chi connectivity index (χ2v) is 9.58. The number of amides is 1. The molecule has 0 spiro atoms. The van der Waals surface area contributed by atoms with Gasteiger partial charge in [0.25, 0.3) is 5.91 Å². The minimum absolute atomic E-state index is 0.145. The van der Waals surface area contributed by atoms with Crippen molar-refractivity contribution >= 4 is 40.2 Å². The van der Waals surface area contributed by atoms with E-state index in [0.29, 0.717) is 94.2 Å². The minimum Gasteiger partial charge on any atom is -0.378 e. The van der Waals surface area contributed by atoms with E-state index < -0.39 is 0 Å². The molecule has 2 aliphatic rings. The number of hydrogen-bond donors (Lipinski definition) is 0.